The van der Waals surface area contributed by atoms with Gasteiger partial charge in [-0.05, 0) is 31.2 Å². The summed E-state index contributed by atoms with van der Waals surface area (Å²) >= 11 is 6.09. The molecule has 138 valence electrons. The van der Waals surface area contributed by atoms with Crippen molar-refractivity contribution in [1.82, 2.24) is 4.90 Å². The SMILES string of the molecule is C[C@H](Oc1ccccc1Cl)C(=O)N1CCO[C@H](COc2ccccc2)C1. The molecule has 1 fully saturated rings. The summed E-state index contributed by atoms with van der Waals surface area (Å²) in [5.74, 6) is 1.21. The second-order valence-electron chi connectivity index (χ2n) is 6.09. The Hall–Kier alpha value is -2.24. The molecule has 0 spiro atoms. The van der Waals surface area contributed by atoms with Gasteiger partial charge in [0.2, 0.25) is 0 Å². The molecule has 1 aliphatic rings. The van der Waals surface area contributed by atoms with Crippen LogP contribution < -0.4 is 9.47 Å². The molecule has 1 heterocycles. The average molecular weight is 376 g/mol. The number of para-hydroxylation sites is 2. The molecule has 0 N–H and O–H groups in total. The first-order chi connectivity index (χ1) is 12.6. The van der Waals surface area contributed by atoms with Gasteiger partial charge in [-0.1, -0.05) is 41.9 Å². The molecule has 1 amide bonds. The van der Waals surface area contributed by atoms with Crippen LogP contribution in [-0.2, 0) is 9.53 Å². The fourth-order valence-corrected chi connectivity index (χ4v) is 2.94. The van der Waals surface area contributed by atoms with Crippen LogP contribution in [0.15, 0.2) is 54.6 Å². The van der Waals surface area contributed by atoms with Crippen LogP contribution in [0.5, 0.6) is 11.5 Å². The van der Waals surface area contributed by atoms with Crippen LogP contribution >= 0.6 is 11.6 Å². The third-order valence-electron chi connectivity index (χ3n) is 4.12. The molecule has 0 aromatic heterocycles. The lowest BCUT2D eigenvalue weighted by Gasteiger charge is -2.34. The minimum Gasteiger partial charge on any atom is -0.491 e. The van der Waals surface area contributed by atoms with Gasteiger partial charge in [-0.2, -0.15) is 0 Å². The molecule has 2 aromatic carbocycles. The highest BCUT2D eigenvalue weighted by Crippen LogP contribution is 2.24. The van der Waals surface area contributed by atoms with Crippen molar-refractivity contribution in [3.05, 3.63) is 59.6 Å². The van der Waals surface area contributed by atoms with E-state index in [0.717, 1.165) is 5.75 Å². The Morgan fingerprint density at radius 3 is 2.73 bits per heavy atom. The van der Waals surface area contributed by atoms with Gasteiger partial charge in [0.05, 0.1) is 18.2 Å². The van der Waals surface area contributed by atoms with Gasteiger partial charge < -0.3 is 19.1 Å². The number of morpholine rings is 1. The van der Waals surface area contributed by atoms with Crippen LogP contribution in [0.25, 0.3) is 0 Å². The van der Waals surface area contributed by atoms with Crippen LogP contribution in [0.1, 0.15) is 6.92 Å². The third-order valence-corrected chi connectivity index (χ3v) is 4.43. The molecule has 0 radical (unpaired) electrons. The van der Waals surface area contributed by atoms with Crippen LogP contribution in [0, 0.1) is 0 Å². The minimum absolute atomic E-state index is 0.0852. The van der Waals surface area contributed by atoms with E-state index in [1.54, 1.807) is 24.0 Å². The molecule has 0 saturated carbocycles. The van der Waals surface area contributed by atoms with E-state index in [0.29, 0.717) is 37.1 Å². The largest absolute Gasteiger partial charge is 0.491 e. The van der Waals surface area contributed by atoms with Crippen molar-refractivity contribution >= 4 is 17.5 Å². The van der Waals surface area contributed by atoms with E-state index < -0.39 is 6.10 Å². The van der Waals surface area contributed by atoms with E-state index in [1.165, 1.54) is 0 Å². The Bertz CT molecular complexity index is 725. The van der Waals surface area contributed by atoms with Gasteiger partial charge in [-0.25, -0.2) is 0 Å². The standard InChI is InChI=1S/C20H22ClNO4/c1-15(26-19-10-6-5-9-18(19)21)20(23)22-11-12-24-17(13-22)14-25-16-7-3-2-4-8-16/h2-10,15,17H,11-14H2,1H3/t15-,17-/m0/s1. The second kappa shape index (κ2) is 8.92. The first-order valence-corrected chi connectivity index (χ1v) is 9.00. The zero-order valence-electron chi connectivity index (χ0n) is 14.6. The number of hydrogen-bond acceptors (Lipinski definition) is 4. The number of carbonyl (C=O) groups excluding carboxylic acids is 1. The predicted octanol–water partition coefficient (Wildman–Crippen LogP) is 3.41. The molecule has 2 aromatic rings. The quantitative estimate of drug-likeness (QED) is 0.776. The van der Waals surface area contributed by atoms with E-state index in [1.807, 2.05) is 42.5 Å². The summed E-state index contributed by atoms with van der Waals surface area (Å²) in [6.07, 6.45) is -0.788. The molecule has 2 atom stereocenters. The molecule has 0 bridgehead atoms. The van der Waals surface area contributed by atoms with Gasteiger partial charge in [-0.3, -0.25) is 4.79 Å². The van der Waals surface area contributed by atoms with E-state index in [-0.39, 0.29) is 12.0 Å². The van der Waals surface area contributed by atoms with Gasteiger partial charge in [0, 0.05) is 6.54 Å². The number of benzene rings is 2. The molecule has 0 aliphatic carbocycles. The van der Waals surface area contributed by atoms with Gasteiger partial charge >= 0.3 is 0 Å². The van der Waals surface area contributed by atoms with Crippen LogP contribution in [0.4, 0.5) is 0 Å². The van der Waals surface area contributed by atoms with Crippen molar-refractivity contribution in [3.8, 4) is 11.5 Å². The fraction of sp³-hybridized carbons (Fsp3) is 0.350. The molecule has 3 rings (SSSR count). The van der Waals surface area contributed by atoms with Gasteiger partial charge in [-0.15, -0.1) is 0 Å². The first kappa shape index (κ1) is 18.5. The Morgan fingerprint density at radius 1 is 1.23 bits per heavy atom. The van der Waals surface area contributed by atoms with Crippen LogP contribution in [0.2, 0.25) is 5.02 Å². The number of carbonyl (C=O) groups is 1. The normalized spacial score (nSPS) is 18.2. The zero-order chi connectivity index (χ0) is 18.4. The average Bonchev–Trinajstić information content (AvgIpc) is 2.68. The molecule has 1 aliphatic heterocycles. The summed E-state index contributed by atoms with van der Waals surface area (Å²) in [7, 11) is 0. The summed E-state index contributed by atoms with van der Waals surface area (Å²) in [5, 5.41) is 0.489. The fourth-order valence-electron chi connectivity index (χ4n) is 2.76. The number of halogens is 1. The monoisotopic (exact) mass is 375 g/mol. The molecular weight excluding hydrogens is 354 g/mol. The number of nitrogens with zero attached hydrogens (tertiary/aromatic N) is 1. The molecular formula is C20H22ClNO4. The summed E-state index contributed by atoms with van der Waals surface area (Å²) in [6, 6.07) is 16.7. The first-order valence-electron chi connectivity index (χ1n) is 8.63. The molecule has 5 nitrogen and oxygen atoms in total. The highest BCUT2D eigenvalue weighted by molar-refractivity contribution is 6.32. The van der Waals surface area contributed by atoms with Crippen molar-refractivity contribution in [2.24, 2.45) is 0 Å². The van der Waals surface area contributed by atoms with Crippen molar-refractivity contribution < 1.29 is 19.0 Å². The Kier molecular flexibility index (Phi) is 6.36. The molecule has 0 unspecified atom stereocenters. The predicted molar refractivity (Wildman–Crippen MR) is 99.8 cm³/mol. The lowest BCUT2D eigenvalue weighted by molar-refractivity contribution is -0.146. The molecule has 6 heteroatoms. The van der Waals surface area contributed by atoms with Gasteiger partial charge in [0.15, 0.2) is 6.10 Å². The smallest absolute Gasteiger partial charge is 0.263 e. The zero-order valence-corrected chi connectivity index (χ0v) is 15.4. The van der Waals surface area contributed by atoms with Crippen molar-refractivity contribution in [2.45, 2.75) is 19.1 Å². The van der Waals surface area contributed by atoms with Crippen molar-refractivity contribution in [2.75, 3.05) is 26.3 Å². The van der Waals surface area contributed by atoms with Gasteiger partial charge in [0.1, 0.15) is 24.2 Å². The summed E-state index contributed by atoms with van der Waals surface area (Å²) in [5.41, 5.74) is 0. The summed E-state index contributed by atoms with van der Waals surface area (Å²) in [6.45, 7) is 3.62. The van der Waals surface area contributed by atoms with E-state index >= 15 is 0 Å². The third kappa shape index (κ3) is 4.90. The van der Waals surface area contributed by atoms with E-state index in [4.69, 9.17) is 25.8 Å². The maximum atomic E-state index is 12.7. The van der Waals surface area contributed by atoms with Crippen LogP contribution in [-0.4, -0.2) is 49.3 Å². The molecule has 26 heavy (non-hydrogen) atoms. The second-order valence-corrected chi connectivity index (χ2v) is 6.50. The maximum absolute atomic E-state index is 12.7. The Balaban J connectivity index is 1.53. The number of ether oxygens (including phenoxy) is 3. The van der Waals surface area contributed by atoms with E-state index in [9.17, 15) is 4.79 Å². The summed E-state index contributed by atoms with van der Waals surface area (Å²) < 4.78 is 17.2. The lowest BCUT2D eigenvalue weighted by atomic mass is 10.2. The highest BCUT2D eigenvalue weighted by atomic mass is 35.5. The number of amides is 1. The number of hydrogen-bond donors (Lipinski definition) is 0. The molecule has 1 saturated heterocycles. The highest BCUT2D eigenvalue weighted by Gasteiger charge is 2.29. The maximum Gasteiger partial charge on any atom is 0.263 e. The summed E-state index contributed by atoms with van der Waals surface area (Å²) in [4.78, 5) is 14.4. The Labute approximate surface area is 158 Å². The van der Waals surface area contributed by atoms with Crippen molar-refractivity contribution in [3.63, 3.8) is 0 Å². The Morgan fingerprint density at radius 2 is 1.96 bits per heavy atom. The topological polar surface area (TPSA) is 48.0 Å². The van der Waals surface area contributed by atoms with Crippen LogP contribution in [0.3, 0.4) is 0 Å². The number of rotatable bonds is 6. The van der Waals surface area contributed by atoms with Crippen molar-refractivity contribution in [1.29, 1.82) is 0 Å². The lowest BCUT2D eigenvalue weighted by Crippen LogP contribution is -2.51. The minimum atomic E-state index is -0.622. The van der Waals surface area contributed by atoms with Gasteiger partial charge in [0.25, 0.3) is 5.91 Å². The van der Waals surface area contributed by atoms with E-state index in [2.05, 4.69) is 0 Å².